The predicted molar refractivity (Wildman–Crippen MR) is 112 cm³/mol. The molecule has 0 aliphatic rings. The van der Waals surface area contributed by atoms with Crippen molar-refractivity contribution in [2.75, 3.05) is 12.3 Å². The molecule has 0 fully saturated rings. The quantitative estimate of drug-likeness (QED) is 0.636. The molecule has 4 N–H and O–H groups in total. The molecular weight excluding hydrogens is 362 g/mol. The van der Waals surface area contributed by atoms with Crippen molar-refractivity contribution in [3.8, 4) is 0 Å². The molecule has 5 nitrogen and oxygen atoms in total. The standard InChI is InChI=1S/C21H27N3O2.ClH/c1-14(2)19(24-20(25)17-8-4-15(3)5-9-17)21(26)23-13-12-16-6-10-18(22)11-7-16;/h4-11,14,19H,12-13,22H2,1-3H3,(H,23,26)(H,24,25);1H. The Morgan fingerprint density at radius 1 is 1.00 bits per heavy atom. The van der Waals surface area contributed by atoms with Crippen LogP contribution in [0.15, 0.2) is 48.5 Å². The average Bonchev–Trinajstić information content (AvgIpc) is 2.61. The second kappa shape index (κ2) is 10.6. The Balaban J connectivity index is 0.00000364. The Bertz CT molecular complexity index is 743. The third-order valence-electron chi connectivity index (χ3n) is 4.24. The van der Waals surface area contributed by atoms with Gasteiger partial charge in [0.25, 0.3) is 5.91 Å². The van der Waals surface area contributed by atoms with E-state index in [0.717, 1.165) is 16.8 Å². The molecule has 6 heteroatoms. The van der Waals surface area contributed by atoms with Crippen molar-refractivity contribution in [1.29, 1.82) is 0 Å². The molecule has 2 rings (SSSR count). The van der Waals surface area contributed by atoms with Gasteiger partial charge in [0.1, 0.15) is 6.04 Å². The highest BCUT2D eigenvalue weighted by atomic mass is 35.5. The number of nitrogens with one attached hydrogen (secondary N) is 2. The minimum Gasteiger partial charge on any atom is -0.399 e. The van der Waals surface area contributed by atoms with E-state index in [2.05, 4.69) is 10.6 Å². The lowest BCUT2D eigenvalue weighted by Crippen LogP contribution is -2.50. The highest BCUT2D eigenvalue weighted by Gasteiger charge is 2.24. The molecule has 27 heavy (non-hydrogen) atoms. The van der Waals surface area contributed by atoms with E-state index in [1.54, 1.807) is 12.1 Å². The van der Waals surface area contributed by atoms with Gasteiger partial charge >= 0.3 is 0 Å². The summed E-state index contributed by atoms with van der Waals surface area (Å²) in [6.07, 6.45) is 0.711. The molecular formula is C21H28ClN3O2. The van der Waals surface area contributed by atoms with Crippen LogP contribution in [0.5, 0.6) is 0 Å². The molecule has 1 unspecified atom stereocenters. The number of carbonyl (C=O) groups is 2. The summed E-state index contributed by atoms with van der Waals surface area (Å²) in [4.78, 5) is 24.9. The van der Waals surface area contributed by atoms with Gasteiger partial charge in [-0.1, -0.05) is 43.7 Å². The van der Waals surface area contributed by atoms with Gasteiger partial charge in [0.05, 0.1) is 0 Å². The summed E-state index contributed by atoms with van der Waals surface area (Å²) in [5, 5.41) is 5.75. The Kier molecular flexibility index (Phi) is 8.82. The van der Waals surface area contributed by atoms with Gasteiger partial charge < -0.3 is 16.4 Å². The zero-order valence-corrected chi connectivity index (χ0v) is 16.8. The molecule has 2 amide bonds. The second-order valence-corrected chi connectivity index (χ2v) is 6.84. The first kappa shape index (κ1) is 22.5. The first-order chi connectivity index (χ1) is 12.4. The van der Waals surface area contributed by atoms with E-state index >= 15 is 0 Å². The van der Waals surface area contributed by atoms with Gasteiger partial charge in [0.15, 0.2) is 0 Å². The smallest absolute Gasteiger partial charge is 0.251 e. The van der Waals surface area contributed by atoms with Crippen molar-refractivity contribution in [2.24, 2.45) is 5.92 Å². The molecule has 0 aliphatic carbocycles. The van der Waals surface area contributed by atoms with Crippen LogP contribution in [0.4, 0.5) is 5.69 Å². The van der Waals surface area contributed by atoms with E-state index in [4.69, 9.17) is 5.73 Å². The largest absolute Gasteiger partial charge is 0.399 e. The monoisotopic (exact) mass is 389 g/mol. The molecule has 1 atom stereocenters. The van der Waals surface area contributed by atoms with Crippen molar-refractivity contribution >= 4 is 29.9 Å². The van der Waals surface area contributed by atoms with Gasteiger partial charge in [-0.15, -0.1) is 12.4 Å². The zero-order valence-electron chi connectivity index (χ0n) is 16.0. The number of rotatable bonds is 7. The van der Waals surface area contributed by atoms with Crippen LogP contribution in [0.1, 0.15) is 35.3 Å². The van der Waals surface area contributed by atoms with Crippen LogP contribution in [0.25, 0.3) is 0 Å². The number of nitrogens with two attached hydrogens (primary N) is 1. The highest BCUT2D eigenvalue weighted by molar-refractivity contribution is 5.97. The van der Waals surface area contributed by atoms with Crippen LogP contribution in [-0.4, -0.2) is 24.4 Å². The fourth-order valence-corrected chi connectivity index (χ4v) is 2.59. The lowest BCUT2D eigenvalue weighted by atomic mass is 10.0. The number of halogens is 1. The van der Waals surface area contributed by atoms with E-state index in [1.807, 2.05) is 57.2 Å². The lowest BCUT2D eigenvalue weighted by molar-refractivity contribution is -0.123. The molecule has 0 aromatic heterocycles. The Morgan fingerprint density at radius 3 is 2.15 bits per heavy atom. The summed E-state index contributed by atoms with van der Waals surface area (Å²) in [6, 6.07) is 14.3. The number of anilines is 1. The maximum Gasteiger partial charge on any atom is 0.251 e. The Hall–Kier alpha value is -2.53. The number of aryl methyl sites for hydroxylation is 1. The summed E-state index contributed by atoms with van der Waals surface area (Å²) in [7, 11) is 0. The van der Waals surface area contributed by atoms with E-state index in [0.29, 0.717) is 18.5 Å². The van der Waals surface area contributed by atoms with Crippen LogP contribution in [0.2, 0.25) is 0 Å². The molecule has 0 bridgehead atoms. The summed E-state index contributed by atoms with van der Waals surface area (Å²) < 4.78 is 0. The number of hydrogen-bond donors (Lipinski definition) is 3. The molecule has 0 radical (unpaired) electrons. The molecule has 2 aromatic rings. The fourth-order valence-electron chi connectivity index (χ4n) is 2.59. The summed E-state index contributed by atoms with van der Waals surface area (Å²) >= 11 is 0. The van der Waals surface area contributed by atoms with E-state index < -0.39 is 6.04 Å². The molecule has 0 saturated carbocycles. The minimum absolute atomic E-state index is 0. The van der Waals surface area contributed by atoms with Gasteiger partial charge in [-0.05, 0) is 49.1 Å². The molecule has 2 aromatic carbocycles. The summed E-state index contributed by atoms with van der Waals surface area (Å²) in [6.45, 7) is 6.30. The number of benzene rings is 2. The Morgan fingerprint density at radius 2 is 1.59 bits per heavy atom. The van der Waals surface area contributed by atoms with Gasteiger partial charge in [-0.25, -0.2) is 0 Å². The van der Waals surface area contributed by atoms with Crippen molar-refractivity contribution in [3.05, 3.63) is 65.2 Å². The second-order valence-electron chi connectivity index (χ2n) is 6.84. The zero-order chi connectivity index (χ0) is 19.1. The third-order valence-corrected chi connectivity index (χ3v) is 4.24. The normalized spacial score (nSPS) is 11.4. The van der Waals surface area contributed by atoms with Crippen LogP contribution in [-0.2, 0) is 11.2 Å². The van der Waals surface area contributed by atoms with Crippen LogP contribution >= 0.6 is 12.4 Å². The van der Waals surface area contributed by atoms with E-state index in [-0.39, 0.29) is 30.1 Å². The topological polar surface area (TPSA) is 84.2 Å². The molecule has 0 saturated heterocycles. The maximum atomic E-state index is 12.5. The van der Waals surface area contributed by atoms with Crippen molar-refractivity contribution in [1.82, 2.24) is 10.6 Å². The van der Waals surface area contributed by atoms with Crippen LogP contribution in [0, 0.1) is 12.8 Å². The highest BCUT2D eigenvalue weighted by Crippen LogP contribution is 2.08. The Labute approximate surface area is 167 Å². The predicted octanol–water partition coefficient (Wildman–Crippen LogP) is 3.11. The van der Waals surface area contributed by atoms with Crippen molar-refractivity contribution in [2.45, 2.75) is 33.2 Å². The first-order valence-electron chi connectivity index (χ1n) is 8.86. The van der Waals surface area contributed by atoms with Gasteiger partial charge in [0.2, 0.25) is 5.91 Å². The first-order valence-corrected chi connectivity index (χ1v) is 8.86. The molecule has 0 aliphatic heterocycles. The number of amides is 2. The molecule has 146 valence electrons. The van der Waals surface area contributed by atoms with Crippen molar-refractivity contribution in [3.63, 3.8) is 0 Å². The van der Waals surface area contributed by atoms with Crippen LogP contribution < -0.4 is 16.4 Å². The van der Waals surface area contributed by atoms with Crippen LogP contribution in [0.3, 0.4) is 0 Å². The molecule has 0 heterocycles. The van der Waals surface area contributed by atoms with Gasteiger partial charge in [-0.3, -0.25) is 9.59 Å². The molecule has 0 spiro atoms. The number of hydrogen-bond acceptors (Lipinski definition) is 3. The summed E-state index contributed by atoms with van der Waals surface area (Å²) in [5.74, 6) is -0.422. The van der Waals surface area contributed by atoms with E-state index in [9.17, 15) is 9.59 Å². The number of nitrogen functional groups attached to an aromatic ring is 1. The van der Waals surface area contributed by atoms with E-state index in [1.165, 1.54) is 0 Å². The van der Waals surface area contributed by atoms with Gasteiger partial charge in [0, 0.05) is 17.8 Å². The maximum absolute atomic E-state index is 12.5. The fraction of sp³-hybridized carbons (Fsp3) is 0.333. The lowest BCUT2D eigenvalue weighted by Gasteiger charge is -2.22. The van der Waals surface area contributed by atoms with Crippen molar-refractivity contribution < 1.29 is 9.59 Å². The summed E-state index contributed by atoms with van der Waals surface area (Å²) in [5.41, 5.74) is 9.13. The average molecular weight is 390 g/mol. The number of carbonyl (C=O) groups excluding carboxylic acids is 2. The van der Waals surface area contributed by atoms with Gasteiger partial charge in [-0.2, -0.15) is 0 Å². The SMILES string of the molecule is Cc1ccc(C(=O)NC(C(=O)NCCc2ccc(N)cc2)C(C)C)cc1.Cl. The minimum atomic E-state index is -0.574. The third kappa shape index (κ3) is 6.94.